The normalized spacial score (nSPS) is 12.3. The maximum Gasteiger partial charge on any atom is 0.272 e. The minimum atomic E-state index is -0.270. The highest BCUT2D eigenvalue weighted by Crippen LogP contribution is 2.14. The highest BCUT2D eigenvalue weighted by Gasteiger charge is 2.06. The van der Waals surface area contributed by atoms with Crippen LogP contribution in [0.1, 0.15) is 27.2 Å². The van der Waals surface area contributed by atoms with Gasteiger partial charge in [-0.15, -0.1) is 0 Å². The largest absolute Gasteiger partial charge is 0.478 e. The molecular weight excluding hydrogens is 290 g/mol. The van der Waals surface area contributed by atoms with Crippen molar-refractivity contribution in [3.8, 4) is 11.6 Å². The van der Waals surface area contributed by atoms with Gasteiger partial charge in [0.2, 0.25) is 5.88 Å². The van der Waals surface area contributed by atoms with Crippen LogP contribution in [-0.2, 0) is 4.79 Å². The first kappa shape index (κ1) is 16.7. The van der Waals surface area contributed by atoms with Crippen molar-refractivity contribution >= 4 is 5.91 Å². The third-order valence-electron chi connectivity index (χ3n) is 3.24. The summed E-state index contributed by atoms with van der Waals surface area (Å²) >= 11 is 0. The van der Waals surface area contributed by atoms with Crippen LogP contribution in [-0.4, -0.2) is 22.3 Å². The maximum absolute atomic E-state index is 11.9. The van der Waals surface area contributed by atoms with Crippen LogP contribution < -0.4 is 10.1 Å². The van der Waals surface area contributed by atoms with Crippen LogP contribution in [0.2, 0.25) is 0 Å². The summed E-state index contributed by atoms with van der Waals surface area (Å²) in [6, 6.07) is 11.4. The Morgan fingerprint density at radius 3 is 2.74 bits per heavy atom. The molecule has 0 saturated heterocycles. The lowest BCUT2D eigenvalue weighted by atomic mass is 10.3. The van der Waals surface area contributed by atoms with Gasteiger partial charge in [0, 0.05) is 11.6 Å². The van der Waals surface area contributed by atoms with Crippen LogP contribution in [0.15, 0.2) is 59.2 Å². The number of carbonyl (C=O) groups excluding carboxylic acids is 1. The van der Waals surface area contributed by atoms with Crippen molar-refractivity contribution in [1.29, 1.82) is 0 Å². The van der Waals surface area contributed by atoms with Gasteiger partial charge in [0.15, 0.2) is 0 Å². The zero-order valence-corrected chi connectivity index (χ0v) is 13.7. The van der Waals surface area contributed by atoms with Crippen LogP contribution in [0.25, 0.3) is 5.69 Å². The summed E-state index contributed by atoms with van der Waals surface area (Å²) in [5.74, 6) is 0.290. The van der Waals surface area contributed by atoms with E-state index in [9.17, 15) is 4.79 Å². The van der Waals surface area contributed by atoms with Gasteiger partial charge in [-0.3, -0.25) is 4.79 Å². The minimum absolute atomic E-state index is 0.270. The number of hydrogen-bond acceptors (Lipinski definition) is 3. The Hall–Kier alpha value is -2.69. The Kier molecular flexibility index (Phi) is 5.86. The molecule has 0 aliphatic heterocycles. The van der Waals surface area contributed by atoms with E-state index in [1.807, 2.05) is 44.2 Å². The second-order valence-electron chi connectivity index (χ2n) is 5.04. The molecule has 0 saturated carbocycles. The molecule has 0 spiro atoms. The molecule has 1 aromatic heterocycles. The standard InChI is InChI=1S/C18H21N3O2/c1-4-11-23-17-12-15(20-18(22)14(3)5-2)13-19-21(17)16-9-7-6-8-10-16/h5-10,12-13H,4,11H2,1-3H3/b14-5?,20-15+. The topological polar surface area (TPSA) is 56.5 Å². The quantitative estimate of drug-likeness (QED) is 0.797. The lowest BCUT2D eigenvalue weighted by Crippen LogP contribution is -2.15. The summed E-state index contributed by atoms with van der Waals surface area (Å²) in [7, 11) is 0. The van der Waals surface area contributed by atoms with E-state index < -0.39 is 0 Å². The minimum Gasteiger partial charge on any atom is -0.478 e. The van der Waals surface area contributed by atoms with Crippen LogP contribution in [0, 0.1) is 0 Å². The van der Waals surface area contributed by atoms with Crippen molar-refractivity contribution in [3.63, 3.8) is 0 Å². The summed E-state index contributed by atoms with van der Waals surface area (Å²) in [5.41, 5.74) is 1.49. The number of amides is 1. The Balaban J connectivity index is 2.46. The summed E-state index contributed by atoms with van der Waals surface area (Å²) in [6.45, 7) is 6.15. The molecule has 0 aliphatic rings. The maximum atomic E-state index is 11.9. The van der Waals surface area contributed by atoms with Gasteiger partial charge in [-0.2, -0.15) is 5.10 Å². The van der Waals surface area contributed by atoms with E-state index >= 15 is 0 Å². The fraction of sp³-hybridized carbons (Fsp3) is 0.278. The van der Waals surface area contributed by atoms with Gasteiger partial charge >= 0.3 is 0 Å². The number of rotatable bonds is 5. The van der Waals surface area contributed by atoms with Crippen LogP contribution in [0.4, 0.5) is 0 Å². The van der Waals surface area contributed by atoms with E-state index in [1.54, 1.807) is 29.9 Å². The molecule has 120 valence electrons. The number of nitrogens with zero attached hydrogens (tertiary/aromatic N) is 3. The van der Waals surface area contributed by atoms with E-state index in [4.69, 9.17) is 4.74 Å². The highest BCUT2D eigenvalue weighted by atomic mass is 16.5. The predicted molar refractivity (Wildman–Crippen MR) is 89.4 cm³/mol. The molecule has 5 heteroatoms. The molecule has 0 aliphatic carbocycles. The molecular formula is C18H21N3O2. The van der Waals surface area contributed by atoms with E-state index in [2.05, 4.69) is 10.1 Å². The molecule has 0 unspecified atom stereocenters. The summed E-state index contributed by atoms with van der Waals surface area (Å²) in [6.07, 6.45) is 4.18. The Morgan fingerprint density at radius 2 is 2.09 bits per heavy atom. The van der Waals surface area contributed by atoms with Gasteiger partial charge in [0.1, 0.15) is 0 Å². The summed E-state index contributed by atoms with van der Waals surface area (Å²) in [5, 5.41) is 4.85. The number of carbonyl (C=O) groups is 1. The number of para-hydroxylation sites is 1. The fourth-order valence-electron chi connectivity index (χ4n) is 1.86. The first-order valence-corrected chi connectivity index (χ1v) is 7.65. The van der Waals surface area contributed by atoms with Crippen LogP contribution in [0.5, 0.6) is 5.88 Å². The molecule has 0 N–H and O–H groups in total. The van der Waals surface area contributed by atoms with Gasteiger partial charge in [-0.25, -0.2) is 9.67 Å². The third kappa shape index (κ3) is 4.39. The Labute approximate surface area is 136 Å². The third-order valence-corrected chi connectivity index (χ3v) is 3.24. The lowest BCUT2D eigenvalue weighted by Gasteiger charge is -2.12. The van der Waals surface area contributed by atoms with Gasteiger partial charge < -0.3 is 4.74 Å². The number of hydrogen-bond donors (Lipinski definition) is 0. The van der Waals surface area contributed by atoms with Crippen molar-refractivity contribution in [1.82, 2.24) is 9.78 Å². The van der Waals surface area contributed by atoms with Gasteiger partial charge in [0.25, 0.3) is 5.91 Å². The number of benzene rings is 1. The molecule has 1 amide bonds. The highest BCUT2D eigenvalue weighted by molar-refractivity contribution is 5.93. The smallest absolute Gasteiger partial charge is 0.272 e. The molecule has 1 heterocycles. The first-order valence-electron chi connectivity index (χ1n) is 7.65. The van der Waals surface area contributed by atoms with E-state index in [0.29, 0.717) is 23.4 Å². The molecule has 0 atom stereocenters. The second kappa shape index (κ2) is 8.08. The molecule has 2 aromatic rings. The number of ether oxygens (including phenoxy) is 1. The Morgan fingerprint density at radius 1 is 1.35 bits per heavy atom. The molecule has 0 radical (unpaired) electrons. The van der Waals surface area contributed by atoms with E-state index in [1.165, 1.54) is 0 Å². The lowest BCUT2D eigenvalue weighted by molar-refractivity contribution is -0.114. The zero-order valence-electron chi connectivity index (χ0n) is 13.7. The van der Waals surface area contributed by atoms with Crippen LogP contribution in [0.3, 0.4) is 0 Å². The average Bonchev–Trinajstić information content (AvgIpc) is 2.60. The monoisotopic (exact) mass is 311 g/mol. The van der Waals surface area contributed by atoms with Crippen molar-refractivity contribution < 1.29 is 9.53 Å². The Bertz CT molecular complexity index is 761. The van der Waals surface area contributed by atoms with Crippen molar-refractivity contribution in [2.75, 3.05) is 6.61 Å². The van der Waals surface area contributed by atoms with Crippen molar-refractivity contribution in [3.05, 3.63) is 59.6 Å². The van der Waals surface area contributed by atoms with Gasteiger partial charge in [-0.05, 0) is 32.4 Å². The SMILES string of the molecule is CC=C(C)C(=O)/N=c1/cnn(-c2ccccc2)c(OCCC)c1. The first-order chi connectivity index (χ1) is 11.2. The fourth-order valence-corrected chi connectivity index (χ4v) is 1.86. The van der Waals surface area contributed by atoms with Crippen LogP contribution >= 0.6 is 0 Å². The van der Waals surface area contributed by atoms with Gasteiger partial charge in [0.05, 0.1) is 23.8 Å². The second-order valence-corrected chi connectivity index (χ2v) is 5.04. The molecule has 1 aromatic carbocycles. The zero-order chi connectivity index (χ0) is 16.7. The molecule has 5 nitrogen and oxygen atoms in total. The summed E-state index contributed by atoms with van der Waals surface area (Å²) < 4.78 is 7.46. The molecule has 23 heavy (non-hydrogen) atoms. The molecule has 0 fully saturated rings. The molecule has 0 bridgehead atoms. The average molecular weight is 311 g/mol. The molecule has 2 rings (SSSR count). The summed E-state index contributed by atoms with van der Waals surface area (Å²) in [4.78, 5) is 16.0. The van der Waals surface area contributed by atoms with E-state index in [0.717, 1.165) is 12.1 Å². The van der Waals surface area contributed by atoms with Crippen molar-refractivity contribution in [2.24, 2.45) is 4.99 Å². The van der Waals surface area contributed by atoms with E-state index in [-0.39, 0.29) is 5.91 Å². The number of aromatic nitrogens is 2. The number of allylic oxidation sites excluding steroid dienone is 1. The van der Waals surface area contributed by atoms with Gasteiger partial charge in [-0.1, -0.05) is 31.2 Å². The predicted octanol–water partition coefficient (Wildman–Crippen LogP) is 3.05. The van der Waals surface area contributed by atoms with Crippen molar-refractivity contribution in [2.45, 2.75) is 27.2 Å².